The van der Waals surface area contributed by atoms with E-state index in [9.17, 15) is 9.59 Å². The highest BCUT2D eigenvalue weighted by atomic mass is 16.5. The summed E-state index contributed by atoms with van der Waals surface area (Å²) < 4.78 is 11.2. The third-order valence-electron chi connectivity index (χ3n) is 2.72. The van der Waals surface area contributed by atoms with Crippen LogP contribution in [0.2, 0.25) is 0 Å². The van der Waals surface area contributed by atoms with Crippen LogP contribution in [0.3, 0.4) is 0 Å². The topological polar surface area (TPSA) is 95.3 Å². The maximum absolute atomic E-state index is 12.1. The Hall–Kier alpha value is -2.90. The Labute approximate surface area is 120 Å². The minimum Gasteiger partial charge on any atom is -0.479 e. The van der Waals surface area contributed by atoms with Crippen LogP contribution in [-0.4, -0.2) is 34.7 Å². The van der Waals surface area contributed by atoms with Crippen LogP contribution in [0.5, 0.6) is 11.9 Å². The van der Waals surface area contributed by atoms with Crippen molar-refractivity contribution >= 4 is 11.6 Å². The van der Waals surface area contributed by atoms with Crippen LogP contribution in [0.4, 0.5) is 5.69 Å². The molecule has 2 aromatic heterocycles. The van der Waals surface area contributed by atoms with Gasteiger partial charge in [0, 0.05) is 13.2 Å². The van der Waals surface area contributed by atoms with Gasteiger partial charge in [0.05, 0.1) is 20.4 Å². The third kappa shape index (κ3) is 2.99. The van der Waals surface area contributed by atoms with E-state index in [0.29, 0.717) is 0 Å². The average molecular weight is 290 g/mol. The van der Waals surface area contributed by atoms with Gasteiger partial charge in [-0.2, -0.15) is 4.98 Å². The fraction of sp³-hybridized carbons (Fsp3) is 0.231. The number of nitrogens with one attached hydrogen (secondary N) is 1. The highest BCUT2D eigenvalue weighted by molar-refractivity contribution is 6.04. The summed E-state index contributed by atoms with van der Waals surface area (Å²) in [4.78, 5) is 31.8. The number of rotatable bonds is 4. The highest BCUT2D eigenvalue weighted by Gasteiger charge is 2.15. The third-order valence-corrected chi connectivity index (χ3v) is 2.72. The average Bonchev–Trinajstić information content (AvgIpc) is 2.50. The van der Waals surface area contributed by atoms with Gasteiger partial charge in [-0.25, -0.2) is 4.98 Å². The molecule has 0 spiro atoms. The number of methoxy groups -OCH3 is 2. The van der Waals surface area contributed by atoms with Crippen molar-refractivity contribution in [3.8, 4) is 11.9 Å². The van der Waals surface area contributed by atoms with Crippen LogP contribution in [0, 0.1) is 0 Å². The number of hydrogen-bond donors (Lipinski definition) is 1. The van der Waals surface area contributed by atoms with E-state index in [4.69, 9.17) is 9.47 Å². The number of nitrogens with zero attached hydrogens (tertiary/aromatic N) is 3. The number of carbonyl (C=O) groups excluding carboxylic acids is 1. The second kappa shape index (κ2) is 6.04. The van der Waals surface area contributed by atoms with Crippen molar-refractivity contribution in [1.82, 2.24) is 14.5 Å². The van der Waals surface area contributed by atoms with Gasteiger partial charge in [-0.3, -0.25) is 9.59 Å². The van der Waals surface area contributed by atoms with Crippen LogP contribution in [0.1, 0.15) is 10.4 Å². The summed E-state index contributed by atoms with van der Waals surface area (Å²) >= 11 is 0. The molecule has 0 atom stereocenters. The van der Waals surface area contributed by atoms with Gasteiger partial charge in [-0.15, -0.1) is 0 Å². The van der Waals surface area contributed by atoms with Gasteiger partial charge in [0.1, 0.15) is 11.3 Å². The lowest BCUT2D eigenvalue weighted by atomic mass is 10.2. The van der Waals surface area contributed by atoms with Crippen molar-refractivity contribution in [1.29, 1.82) is 0 Å². The molecule has 8 heteroatoms. The van der Waals surface area contributed by atoms with E-state index >= 15 is 0 Å². The zero-order valence-corrected chi connectivity index (χ0v) is 11.8. The molecule has 0 aliphatic rings. The number of amides is 1. The normalized spacial score (nSPS) is 10.0. The molecule has 1 amide bonds. The summed E-state index contributed by atoms with van der Waals surface area (Å²) in [6, 6.07) is 3.16. The fourth-order valence-corrected chi connectivity index (χ4v) is 1.65. The first-order chi connectivity index (χ1) is 10.1. The molecule has 0 saturated carbocycles. The number of anilines is 1. The second-order valence-corrected chi connectivity index (χ2v) is 4.07. The largest absolute Gasteiger partial charge is 0.479 e. The van der Waals surface area contributed by atoms with Crippen LogP contribution in [-0.2, 0) is 7.05 Å². The number of hydrogen-bond acceptors (Lipinski definition) is 6. The summed E-state index contributed by atoms with van der Waals surface area (Å²) in [7, 11) is 4.38. The standard InChI is InChI=1S/C13H14N4O4/c1-17-6-4-5-8(12(17)19)10(18)15-9-7-14-13(21-3)16-11(9)20-2/h4-7H,1-3H3,(H,15,18). The van der Waals surface area contributed by atoms with Crippen molar-refractivity contribution in [2.45, 2.75) is 0 Å². The second-order valence-electron chi connectivity index (χ2n) is 4.07. The molecule has 0 aliphatic carbocycles. The summed E-state index contributed by atoms with van der Waals surface area (Å²) in [6.45, 7) is 0. The van der Waals surface area contributed by atoms with E-state index in [1.807, 2.05) is 0 Å². The Bertz CT molecular complexity index is 726. The van der Waals surface area contributed by atoms with E-state index in [-0.39, 0.29) is 23.1 Å². The van der Waals surface area contributed by atoms with Crippen LogP contribution in [0.25, 0.3) is 0 Å². The summed E-state index contributed by atoms with van der Waals surface area (Å²) in [5.74, 6) is -0.425. The minimum absolute atomic E-state index is 0.0119. The smallest absolute Gasteiger partial charge is 0.319 e. The quantitative estimate of drug-likeness (QED) is 0.878. The zero-order chi connectivity index (χ0) is 15.4. The molecule has 0 bridgehead atoms. The summed E-state index contributed by atoms with van der Waals surface area (Å²) in [5, 5.41) is 2.54. The van der Waals surface area contributed by atoms with E-state index in [1.54, 1.807) is 19.3 Å². The lowest BCUT2D eigenvalue weighted by molar-refractivity contribution is 0.102. The molecule has 8 nitrogen and oxygen atoms in total. The van der Waals surface area contributed by atoms with E-state index in [1.165, 1.54) is 31.0 Å². The predicted molar refractivity (Wildman–Crippen MR) is 74.8 cm³/mol. The van der Waals surface area contributed by atoms with Crippen LogP contribution >= 0.6 is 0 Å². The molecule has 0 saturated heterocycles. The molecule has 2 rings (SSSR count). The highest BCUT2D eigenvalue weighted by Crippen LogP contribution is 2.22. The number of aryl methyl sites for hydroxylation is 1. The van der Waals surface area contributed by atoms with Gasteiger partial charge >= 0.3 is 6.01 Å². The van der Waals surface area contributed by atoms with Gasteiger partial charge in [-0.1, -0.05) is 0 Å². The SMILES string of the molecule is COc1ncc(NC(=O)c2cccn(C)c2=O)c(OC)n1. The zero-order valence-electron chi connectivity index (χ0n) is 11.8. The Morgan fingerprint density at radius 2 is 2.10 bits per heavy atom. The molecule has 0 fully saturated rings. The van der Waals surface area contributed by atoms with Crippen LogP contribution in [0.15, 0.2) is 29.3 Å². The lowest BCUT2D eigenvalue weighted by Crippen LogP contribution is -2.27. The monoisotopic (exact) mass is 290 g/mol. The minimum atomic E-state index is -0.566. The molecule has 1 N–H and O–H groups in total. The van der Waals surface area contributed by atoms with E-state index in [0.717, 1.165) is 0 Å². The molecular formula is C13H14N4O4. The Kier molecular flexibility index (Phi) is 4.17. The van der Waals surface area contributed by atoms with Crippen molar-refractivity contribution in [3.63, 3.8) is 0 Å². The summed E-state index contributed by atoms with van der Waals surface area (Å²) in [5.41, 5.74) is -0.143. The number of aromatic nitrogens is 3. The molecule has 0 aliphatic heterocycles. The Morgan fingerprint density at radius 1 is 1.33 bits per heavy atom. The maximum atomic E-state index is 12.1. The van der Waals surface area contributed by atoms with Crippen molar-refractivity contribution in [2.24, 2.45) is 7.05 Å². The number of ether oxygens (including phenoxy) is 2. The summed E-state index contributed by atoms with van der Waals surface area (Å²) in [6.07, 6.45) is 2.91. The Balaban J connectivity index is 2.31. The molecule has 21 heavy (non-hydrogen) atoms. The molecule has 2 aromatic rings. The number of pyridine rings is 1. The van der Waals surface area contributed by atoms with Gasteiger partial charge in [-0.05, 0) is 12.1 Å². The van der Waals surface area contributed by atoms with Crippen LogP contribution < -0.4 is 20.3 Å². The van der Waals surface area contributed by atoms with Gasteiger partial charge in [0.15, 0.2) is 0 Å². The maximum Gasteiger partial charge on any atom is 0.319 e. The van der Waals surface area contributed by atoms with Crippen molar-refractivity contribution in [2.75, 3.05) is 19.5 Å². The van der Waals surface area contributed by atoms with E-state index < -0.39 is 11.5 Å². The Morgan fingerprint density at radius 3 is 2.76 bits per heavy atom. The van der Waals surface area contributed by atoms with Gasteiger partial charge < -0.3 is 19.4 Å². The molecule has 0 aromatic carbocycles. The first-order valence-corrected chi connectivity index (χ1v) is 5.99. The number of carbonyl (C=O) groups is 1. The molecule has 0 unspecified atom stereocenters. The first-order valence-electron chi connectivity index (χ1n) is 5.99. The van der Waals surface area contributed by atoms with Gasteiger partial charge in [0.2, 0.25) is 5.88 Å². The molecule has 0 radical (unpaired) electrons. The molecule has 2 heterocycles. The van der Waals surface area contributed by atoms with E-state index in [2.05, 4.69) is 15.3 Å². The van der Waals surface area contributed by atoms with Crippen molar-refractivity contribution in [3.05, 3.63) is 40.4 Å². The fourth-order valence-electron chi connectivity index (χ4n) is 1.65. The molecule has 110 valence electrons. The van der Waals surface area contributed by atoms with Crippen molar-refractivity contribution < 1.29 is 14.3 Å². The lowest BCUT2D eigenvalue weighted by Gasteiger charge is -2.09. The molecular weight excluding hydrogens is 276 g/mol. The first kappa shape index (κ1) is 14.5. The van der Waals surface area contributed by atoms with Gasteiger partial charge in [0.25, 0.3) is 11.5 Å². The predicted octanol–water partition coefficient (Wildman–Crippen LogP) is 0.445.